The van der Waals surface area contributed by atoms with Crippen molar-refractivity contribution in [1.29, 1.82) is 0 Å². The summed E-state index contributed by atoms with van der Waals surface area (Å²) in [4.78, 5) is 0. The second kappa shape index (κ2) is 7.49. The minimum atomic E-state index is -1.20. The van der Waals surface area contributed by atoms with Crippen LogP contribution >= 0.6 is 11.6 Å². The van der Waals surface area contributed by atoms with Crippen LogP contribution in [0.25, 0.3) is 11.3 Å². The largest absolute Gasteiger partial charge is 0.309 e. The number of rotatable bonds is 5. The fourth-order valence-corrected chi connectivity index (χ4v) is 5.53. The molecule has 1 aromatic carbocycles. The summed E-state index contributed by atoms with van der Waals surface area (Å²) in [5, 5.41) is 9.73. The first-order valence-electron chi connectivity index (χ1n) is 9.72. The van der Waals surface area contributed by atoms with Crippen molar-refractivity contribution in [3.05, 3.63) is 41.0 Å². The van der Waals surface area contributed by atoms with Crippen LogP contribution in [-0.2, 0) is 6.54 Å². The van der Waals surface area contributed by atoms with Gasteiger partial charge in [0.15, 0.2) is 0 Å². The Morgan fingerprint density at radius 2 is 2.04 bits per heavy atom. The molecule has 0 fully saturated rings. The zero-order chi connectivity index (χ0) is 18.9. The van der Waals surface area contributed by atoms with E-state index in [1.807, 2.05) is 18.2 Å². The van der Waals surface area contributed by atoms with E-state index in [0.717, 1.165) is 29.4 Å². The van der Waals surface area contributed by atoms with E-state index < -0.39 is 8.07 Å². The van der Waals surface area contributed by atoms with Crippen molar-refractivity contribution < 1.29 is 0 Å². The van der Waals surface area contributed by atoms with Crippen LogP contribution in [0.1, 0.15) is 45.3 Å². The predicted octanol–water partition coefficient (Wildman–Crippen LogP) is 6.14. The molecule has 0 spiro atoms. The maximum atomic E-state index is 6.15. The number of benzene rings is 1. The highest BCUT2D eigenvalue weighted by Crippen LogP contribution is 2.40. The van der Waals surface area contributed by atoms with Gasteiger partial charge in [-0.05, 0) is 29.7 Å². The zero-order valence-electron chi connectivity index (χ0n) is 16.8. The summed E-state index contributed by atoms with van der Waals surface area (Å²) in [6.45, 7) is 14.2. The number of hydrogen-bond donors (Lipinski definition) is 1. The van der Waals surface area contributed by atoms with Crippen molar-refractivity contribution in [2.45, 2.75) is 70.4 Å². The van der Waals surface area contributed by atoms with Crippen LogP contribution in [0.15, 0.2) is 30.3 Å². The van der Waals surface area contributed by atoms with Gasteiger partial charge in [-0.15, -0.1) is 0 Å². The van der Waals surface area contributed by atoms with Gasteiger partial charge in [0.05, 0.1) is 25.5 Å². The third kappa shape index (κ3) is 4.24. The highest BCUT2D eigenvalue weighted by atomic mass is 35.5. The van der Waals surface area contributed by atoms with Gasteiger partial charge < -0.3 is 5.32 Å². The summed E-state index contributed by atoms with van der Waals surface area (Å²) < 4.78 is 2.26. The number of nitrogens with one attached hydrogen (secondary N) is 1. The third-order valence-electron chi connectivity index (χ3n) is 6.33. The monoisotopic (exact) mass is 389 g/mol. The SMILES string of the molecule is CC(C)(C)[Si](C)(C)CCCC1CNCc2cc(-c3cccc(Cl)c3)nn21. The molecule has 26 heavy (non-hydrogen) atoms. The van der Waals surface area contributed by atoms with Crippen LogP contribution in [0.5, 0.6) is 0 Å². The number of hydrogen-bond acceptors (Lipinski definition) is 2. The van der Waals surface area contributed by atoms with Crippen LogP contribution in [0.4, 0.5) is 0 Å². The molecule has 0 bridgehead atoms. The Hall–Kier alpha value is -1.10. The van der Waals surface area contributed by atoms with Crippen molar-refractivity contribution in [1.82, 2.24) is 15.1 Å². The quantitative estimate of drug-likeness (QED) is 0.622. The molecule has 1 aromatic heterocycles. The van der Waals surface area contributed by atoms with E-state index >= 15 is 0 Å². The first kappa shape index (κ1) is 19.7. The lowest BCUT2D eigenvalue weighted by Gasteiger charge is -2.37. The van der Waals surface area contributed by atoms with Gasteiger partial charge in [-0.2, -0.15) is 5.10 Å². The molecule has 2 aromatic rings. The van der Waals surface area contributed by atoms with Gasteiger partial charge in [-0.3, -0.25) is 4.68 Å². The topological polar surface area (TPSA) is 29.9 Å². The second-order valence-electron chi connectivity index (χ2n) is 9.29. The maximum Gasteiger partial charge on any atom is 0.0927 e. The molecule has 1 aliphatic rings. The lowest BCUT2D eigenvalue weighted by molar-refractivity contribution is 0.346. The van der Waals surface area contributed by atoms with Crippen LogP contribution in [0.3, 0.4) is 0 Å². The Labute approximate surface area is 164 Å². The van der Waals surface area contributed by atoms with Crippen molar-refractivity contribution in [2.24, 2.45) is 0 Å². The number of halogens is 1. The molecular formula is C21H32ClN3Si. The van der Waals surface area contributed by atoms with Gasteiger partial charge in [0.1, 0.15) is 0 Å². The van der Waals surface area contributed by atoms with Crippen molar-refractivity contribution >= 4 is 19.7 Å². The molecule has 142 valence electrons. The van der Waals surface area contributed by atoms with Gasteiger partial charge in [0.2, 0.25) is 0 Å². The highest BCUT2D eigenvalue weighted by Gasteiger charge is 2.34. The molecule has 0 aliphatic carbocycles. The van der Waals surface area contributed by atoms with Crippen molar-refractivity contribution in [3.63, 3.8) is 0 Å². The van der Waals surface area contributed by atoms with E-state index in [1.165, 1.54) is 24.6 Å². The maximum absolute atomic E-state index is 6.15. The second-order valence-corrected chi connectivity index (χ2v) is 15.5. The molecule has 0 amide bonds. The van der Waals surface area contributed by atoms with Gasteiger partial charge in [0.25, 0.3) is 0 Å². The van der Waals surface area contributed by atoms with E-state index in [1.54, 1.807) is 0 Å². The van der Waals surface area contributed by atoms with Crippen molar-refractivity contribution in [3.8, 4) is 11.3 Å². The van der Waals surface area contributed by atoms with E-state index in [-0.39, 0.29) is 0 Å². The molecule has 1 aliphatic heterocycles. The average molecular weight is 390 g/mol. The third-order valence-corrected chi connectivity index (χ3v) is 12.2. The fourth-order valence-electron chi connectivity index (χ4n) is 3.50. The summed E-state index contributed by atoms with van der Waals surface area (Å²) >= 11 is 6.15. The van der Waals surface area contributed by atoms with Crippen LogP contribution in [0, 0.1) is 0 Å². The number of fused-ring (bicyclic) bond motifs is 1. The minimum Gasteiger partial charge on any atom is -0.309 e. The van der Waals surface area contributed by atoms with Crippen LogP contribution in [0.2, 0.25) is 29.2 Å². The van der Waals surface area contributed by atoms with Gasteiger partial charge in [-0.1, -0.05) is 70.1 Å². The lowest BCUT2D eigenvalue weighted by Crippen LogP contribution is -2.37. The molecule has 2 heterocycles. The van der Waals surface area contributed by atoms with E-state index in [2.05, 4.69) is 56.0 Å². The Bertz CT molecular complexity index is 761. The Morgan fingerprint density at radius 1 is 1.27 bits per heavy atom. The van der Waals surface area contributed by atoms with Crippen LogP contribution in [-0.4, -0.2) is 24.4 Å². The Morgan fingerprint density at radius 3 is 2.73 bits per heavy atom. The normalized spacial score (nSPS) is 18.0. The molecule has 3 rings (SSSR count). The first-order valence-corrected chi connectivity index (χ1v) is 13.3. The standard InChI is InChI=1S/C21H32ClN3Si/c1-21(2,3)26(4,5)11-7-10-18-14-23-15-19-13-20(24-25(18)19)16-8-6-9-17(22)12-16/h6,8-9,12-13,18,23H,7,10-11,14-15H2,1-5H3. The summed E-state index contributed by atoms with van der Waals surface area (Å²) in [5.74, 6) is 0. The molecule has 3 nitrogen and oxygen atoms in total. The predicted molar refractivity (Wildman–Crippen MR) is 115 cm³/mol. The fraction of sp³-hybridized carbons (Fsp3) is 0.571. The molecule has 1 N–H and O–H groups in total. The number of aromatic nitrogens is 2. The van der Waals surface area contributed by atoms with E-state index in [9.17, 15) is 0 Å². The lowest BCUT2D eigenvalue weighted by atomic mass is 10.1. The molecule has 1 atom stereocenters. The first-order chi connectivity index (χ1) is 12.2. The summed E-state index contributed by atoms with van der Waals surface area (Å²) in [5.41, 5.74) is 3.41. The van der Waals surface area contributed by atoms with Gasteiger partial charge in [-0.25, -0.2) is 0 Å². The highest BCUT2D eigenvalue weighted by molar-refractivity contribution is 6.80. The summed E-state index contributed by atoms with van der Waals surface area (Å²) in [6.07, 6.45) is 2.48. The van der Waals surface area contributed by atoms with E-state index in [4.69, 9.17) is 16.7 Å². The smallest absolute Gasteiger partial charge is 0.0927 e. The van der Waals surface area contributed by atoms with Crippen LogP contribution < -0.4 is 5.32 Å². The van der Waals surface area contributed by atoms with Gasteiger partial charge in [0, 0.05) is 23.7 Å². The Kier molecular flexibility index (Phi) is 5.66. The van der Waals surface area contributed by atoms with Crippen molar-refractivity contribution in [2.75, 3.05) is 6.54 Å². The summed E-state index contributed by atoms with van der Waals surface area (Å²) in [6, 6.07) is 12.0. The molecule has 0 radical (unpaired) electrons. The summed E-state index contributed by atoms with van der Waals surface area (Å²) in [7, 11) is -1.20. The number of nitrogens with zero attached hydrogens (tertiary/aromatic N) is 2. The zero-order valence-corrected chi connectivity index (χ0v) is 18.5. The average Bonchev–Trinajstić information content (AvgIpc) is 2.99. The molecule has 0 saturated heterocycles. The molecular weight excluding hydrogens is 358 g/mol. The van der Waals surface area contributed by atoms with E-state index in [0.29, 0.717) is 11.1 Å². The molecule has 0 saturated carbocycles. The Balaban J connectivity index is 1.71. The van der Waals surface area contributed by atoms with Gasteiger partial charge >= 0.3 is 0 Å². The molecule has 5 heteroatoms. The minimum absolute atomic E-state index is 0.455. The molecule has 1 unspecified atom stereocenters.